The molecule has 4 aromatic rings. The number of oxazole rings is 1. The van der Waals surface area contributed by atoms with Gasteiger partial charge in [-0.3, -0.25) is 0 Å². The minimum Gasteiger partial charge on any atom is -0.497 e. The van der Waals surface area contributed by atoms with Crippen LogP contribution in [-0.2, 0) is 24.4 Å². The van der Waals surface area contributed by atoms with Crippen LogP contribution in [0.1, 0.15) is 16.8 Å². The van der Waals surface area contributed by atoms with Gasteiger partial charge in [-0.2, -0.15) is 4.98 Å². The van der Waals surface area contributed by atoms with Crippen LogP contribution in [-0.4, -0.2) is 46.5 Å². The van der Waals surface area contributed by atoms with Gasteiger partial charge >= 0.3 is 0 Å². The lowest BCUT2D eigenvalue weighted by Gasteiger charge is -2.21. The molecule has 38 heavy (non-hydrogen) atoms. The third-order valence-corrected chi connectivity index (χ3v) is 5.91. The molecule has 0 aliphatic rings. The summed E-state index contributed by atoms with van der Waals surface area (Å²) in [4.78, 5) is 8.82. The Kier molecular flexibility index (Phi) is 9.48. The van der Waals surface area contributed by atoms with Crippen molar-refractivity contribution < 1.29 is 23.4 Å². The maximum atomic E-state index is 5.88. The van der Waals surface area contributed by atoms with Crippen molar-refractivity contribution in [3.63, 3.8) is 0 Å². The summed E-state index contributed by atoms with van der Waals surface area (Å²) in [6.45, 7) is 2.39. The van der Waals surface area contributed by atoms with Crippen molar-refractivity contribution in [3.8, 4) is 17.2 Å². The van der Waals surface area contributed by atoms with Gasteiger partial charge < -0.3 is 33.2 Å². The second kappa shape index (κ2) is 13.4. The van der Waals surface area contributed by atoms with Crippen LogP contribution < -0.4 is 24.0 Å². The van der Waals surface area contributed by atoms with Crippen LogP contribution in [0.3, 0.4) is 0 Å². The monoisotopic (exact) mass is 517 g/mol. The van der Waals surface area contributed by atoms with Crippen LogP contribution in [0.25, 0.3) is 0 Å². The Bertz CT molecular complexity index is 1240. The molecule has 0 aliphatic heterocycles. The fourth-order valence-electron chi connectivity index (χ4n) is 3.93. The summed E-state index contributed by atoms with van der Waals surface area (Å²) in [5, 5.41) is 0. The van der Waals surface area contributed by atoms with Gasteiger partial charge in [0.05, 0.1) is 27.4 Å². The maximum absolute atomic E-state index is 5.88. The van der Waals surface area contributed by atoms with Crippen LogP contribution in [0.15, 0.2) is 83.5 Å². The quantitative estimate of drug-likeness (QED) is 0.201. The number of anilines is 2. The van der Waals surface area contributed by atoms with Crippen molar-refractivity contribution in [1.29, 1.82) is 0 Å². The number of hydrogen-bond acceptors (Lipinski definition) is 8. The maximum Gasteiger partial charge on any atom is 0.298 e. The van der Waals surface area contributed by atoms with E-state index in [9.17, 15) is 0 Å². The Morgan fingerprint density at radius 2 is 1.39 bits per heavy atom. The fraction of sp³-hybridized carbons (Fsp3) is 0.300. The van der Waals surface area contributed by atoms with Crippen LogP contribution in [0.5, 0.6) is 17.2 Å². The Balaban J connectivity index is 1.37. The van der Waals surface area contributed by atoms with E-state index in [0.717, 1.165) is 39.8 Å². The molecule has 0 saturated carbocycles. The molecular weight excluding hydrogens is 482 g/mol. The standard InChI is InChI=1S/C30H35N3O5/c1-32(2)26-10-7-13-29(18-26)37-15-14-36-21-25-22-38-30(31-25)33(19-23-8-5-11-27(16-23)34-3)20-24-9-6-12-28(17-24)35-4/h5-13,16-18,22H,14-15,19-21H2,1-4H3. The summed E-state index contributed by atoms with van der Waals surface area (Å²) in [6.07, 6.45) is 1.64. The number of ether oxygens (including phenoxy) is 4. The van der Waals surface area contributed by atoms with Crippen molar-refractivity contribution in [2.45, 2.75) is 19.7 Å². The smallest absolute Gasteiger partial charge is 0.298 e. The topological polar surface area (TPSA) is 69.4 Å². The van der Waals surface area contributed by atoms with Gasteiger partial charge in [0.25, 0.3) is 6.01 Å². The van der Waals surface area contributed by atoms with Crippen molar-refractivity contribution in [3.05, 3.63) is 95.9 Å². The molecule has 0 atom stereocenters. The first-order valence-corrected chi connectivity index (χ1v) is 12.5. The number of aromatic nitrogens is 1. The van der Waals surface area contributed by atoms with E-state index in [1.807, 2.05) is 79.7 Å². The van der Waals surface area contributed by atoms with Gasteiger partial charge in [-0.15, -0.1) is 0 Å². The summed E-state index contributed by atoms with van der Waals surface area (Å²) in [5.74, 6) is 2.43. The molecule has 0 unspecified atom stereocenters. The Morgan fingerprint density at radius 3 is 2.03 bits per heavy atom. The largest absolute Gasteiger partial charge is 0.497 e. The first-order chi connectivity index (χ1) is 18.5. The first-order valence-electron chi connectivity index (χ1n) is 12.5. The molecule has 8 heteroatoms. The van der Waals surface area contributed by atoms with Gasteiger partial charge in [0.15, 0.2) is 0 Å². The highest BCUT2D eigenvalue weighted by Crippen LogP contribution is 2.24. The van der Waals surface area contributed by atoms with Gasteiger partial charge in [-0.05, 0) is 47.5 Å². The molecule has 8 nitrogen and oxygen atoms in total. The predicted molar refractivity (Wildman–Crippen MR) is 148 cm³/mol. The predicted octanol–water partition coefficient (Wildman–Crippen LogP) is 5.56. The molecule has 0 fully saturated rings. The average molecular weight is 518 g/mol. The first kappa shape index (κ1) is 26.9. The zero-order valence-corrected chi connectivity index (χ0v) is 22.4. The zero-order valence-electron chi connectivity index (χ0n) is 22.4. The summed E-state index contributed by atoms with van der Waals surface area (Å²) in [6, 6.07) is 24.4. The van der Waals surface area contributed by atoms with E-state index in [4.69, 9.17) is 28.3 Å². The molecule has 0 saturated heterocycles. The summed E-state index contributed by atoms with van der Waals surface area (Å²) >= 11 is 0. The van der Waals surface area contributed by atoms with Crippen LogP contribution in [0, 0.1) is 0 Å². The lowest BCUT2D eigenvalue weighted by molar-refractivity contribution is 0.0869. The SMILES string of the molecule is COc1cccc(CN(Cc2cccc(OC)c2)c2nc(COCCOc3cccc(N(C)C)c3)co2)c1. The Labute approximate surface area is 224 Å². The van der Waals surface area contributed by atoms with Gasteiger partial charge in [0.2, 0.25) is 0 Å². The molecule has 0 N–H and O–H groups in total. The minimum absolute atomic E-state index is 0.330. The summed E-state index contributed by atoms with van der Waals surface area (Å²) < 4.78 is 28.3. The fourth-order valence-corrected chi connectivity index (χ4v) is 3.93. The van der Waals surface area contributed by atoms with E-state index in [1.165, 1.54) is 0 Å². The average Bonchev–Trinajstić information content (AvgIpc) is 3.42. The lowest BCUT2D eigenvalue weighted by atomic mass is 10.1. The van der Waals surface area contributed by atoms with Gasteiger partial charge in [-0.25, -0.2) is 0 Å². The highest BCUT2D eigenvalue weighted by atomic mass is 16.5. The van der Waals surface area contributed by atoms with E-state index in [1.54, 1.807) is 20.5 Å². The van der Waals surface area contributed by atoms with Crippen molar-refractivity contribution in [2.24, 2.45) is 0 Å². The summed E-state index contributed by atoms with van der Waals surface area (Å²) in [7, 11) is 7.34. The molecule has 1 heterocycles. The third-order valence-electron chi connectivity index (χ3n) is 5.91. The Morgan fingerprint density at radius 1 is 0.763 bits per heavy atom. The third kappa shape index (κ3) is 7.66. The molecule has 4 rings (SSSR count). The molecule has 0 bridgehead atoms. The highest BCUT2D eigenvalue weighted by molar-refractivity contribution is 5.49. The van der Waals surface area contributed by atoms with Crippen molar-refractivity contribution in [2.75, 3.05) is 51.3 Å². The van der Waals surface area contributed by atoms with E-state index in [-0.39, 0.29) is 0 Å². The molecule has 200 valence electrons. The molecule has 0 spiro atoms. The number of nitrogens with zero attached hydrogens (tertiary/aromatic N) is 3. The van der Waals surface area contributed by atoms with Gasteiger partial charge in [0, 0.05) is 38.9 Å². The molecule has 0 radical (unpaired) electrons. The van der Waals surface area contributed by atoms with Crippen molar-refractivity contribution in [1.82, 2.24) is 4.98 Å². The van der Waals surface area contributed by atoms with Crippen LogP contribution in [0.4, 0.5) is 11.7 Å². The molecule has 0 amide bonds. The van der Waals surface area contributed by atoms with Crippen LogP contribution in [0.2, 0.25) is 0 Å². The number of benzene rings is 3. The van der Waals surface area contributed by atoms with E-state index < -0.39 is 0 Å². The minimum atomic E-state index is 0.330. The molecule has 1 aromatic heterocycles. The normalized spacial score (nSPS) is 10.7. The van der Waals surface area contributed by atoms with Crippen LogP contribution >= 0.6 is 0 Å². The number of hydrogen-bond donors (Lipinski definition) is 0. The van der Waals surface area contributed by atoms with E-state index in [2.05, 4.69) is 17.0 Å². The lowest BCUT2D eigenvalue weighted by Crippen LogP contribution is -2.22. The zero-order chi connectivity index (χ0) is 26.7. The second-order valence-corrected chi connectivity index (χ2v) is 8.97. The van der Waals surface area contributed by atoms with Gasteiger partial charge in [0.1, 0.15) is 35.8 Å². The molecular formula is C30H35N3O5. The number of rotatable bonds is 14. The molecule has 3 aromatic carbocycles. The van der Waals surface area contributed by atoms with Gasteiger partial charge in [-0.1, -0.05) is 30.3 Å². The number of methoxy groups -OCH3 is 2. The second-order valence-electron chi connectivity index (χ2n) is 8.97. The van der Waals surface area contributed by atoms with E-state index in [0.29, 0.717) is 38.9 Å². The summed E-state index contributed by atoms with van der Waals surface area (Å²) in [5.41, 5.74) is 3.97. The van der Waals surface area contributed by atoms with Crippen molar-refractivity contribution >= 4 is 11.7 Å². The highest BCUT2D eigenvalue weighted by Gasteiger charge is 2.16. The molecule has 0 aliphatic carbocycles. The Hall–Kier alpha value is -4.17. The van der Waals surface area contributed by atoms with E-state index >= 15 is 0 Å².